The van der Waals surface area contributed by atoms with Crippen LogP contribution >= 0.6 is 7.60 Å². The summed E-state index contributed by atoms with van der Waals surface area (Å²) in [6.07, 6.45) is 1.01. The molecule has 25 heavy (non-hydrogen) atoms. The van der Waals surface area contributed by atoms with E-state index in [4.69, 9.17) is 13.8 Å². The van der Waals surface area contributed by atoms with Gasteiger partial charge in [-0.25, -0.2) is 4.57 Å². The second-order valence-electron chi connectivity index (χ2n) is 5.32. The lowest BCUT2D eigenvalue weighted by atomic mass is 9.95. The maximum absolute atomic E-state index is 12.8. The molecule has 0 fully saturated rings. The Hall–Kier alpha value is -2.49. The Balaban J connectivity index is 2.18. The summed E-state index contributed by atoms with van der Waals surface area (Å²) in [5, 5.41) is 0. The third-order valence-electron chi connectivity index (χ3n) is 3.96. The predicted octanol–water partition coefficient (Wildman–Crippen LogP) is 4.10. The number of hydrogen-bond acceptors (Lipinski definition) is 4. The first-order valence-electron chi connectivity index (χ1n) is 7.59. The second-order valence-corrected chi connectivity index (χ2v) is 7.51. The van der Waals surface area contributed by atoms with E-state index in [0.29, 0.717) is 11.3 Å². The van der Waals surface area contributed by atoms with Crippen LogP contribution in [0.4, 0.5) is 0 Å². The van der Waals surface area contributed by atoms with Crippen molar-refractivity contribution in [2.75, 3.05) is 14.2 Å². The molecular weight excluding hydrogens is 339 g/mol. The van der Waals surface area contributed by atoms with Gasteiger partial charge in [0.1, 0.15) is 5.75 Å². The van der Waals surface area contributed by atoms with Gasteiger partial charge in [0, 0.05) is 25.4 Å². The van der Waals surface area contributed by atoms with Crippen LogP contribution in [0.15, 0.2) is 54.6 Å². The highest BCUT2D eigenvalue weighted by Crippen LogP contribution is 2.51. The first-order chi connectivity index (χ1) is 12.1. The average molecular weight is 356 g/mol. The number of nitrogens with zero attached hydrogens (tertiary/aromatic N) is 2. The fourth-order valence-electron chi connectivity index (χ4n) is 2.71. The van der Waals surface area contributed by atoms with Crippen LogP contribution in [0.2, 0.25) is 0 Å². The fourth-order valence-corrected chi connectivity index (χ4v) is 3.82. The molecule has 1 aliphatic rings. The first kappa shape index (κ1) is 17.3. The minimum atomic E-state index is -3.80. The molecular formula is C18H17N2O4P. The zero-order chi connectivity index (χ0) is 17.9. The van der Waals surface area contributed by atoms with E-state index in [1.807, 2.05) is 54.6 Å². The Labute approximate surface area is 145 Å². The maximum atomic E-state index is 12.8. The Bertz CT molecular complexity index is 896. The fraction of sp³-hybridized carbons (Fsp3) is 0.167. The van der Waals surface area contributed by atoms with Crippen molar-refractivity contribution in [1.82, 2.24) is 0 Å². The minimum absolute atomic E-state index is 0.206. The summed E-state index contributed by atoms with van der Waals surface area (Å²) in [7, 11) is -1.33. The van der Waals surface area contributed by atoms with Crippen molar-refractivity contribution in [3.63, 3.8) is 0 Å². The minimum Gasteiger partial charge on any atom is -0.472 e. The number of benzene rings is 2. The molecule has 0 aromatic heterocycles. The van der Waals surface area contributed by atoms with Gasteiger partial charge in [0.25, 0.3) is 0 Å². The van der Waals surface area contributed by atoms with Crippen molar-refractivity contribution in [2.45, 2.75) is 6.10 Å². The largest absolute Gasteiger partial charge is 0.472 e. The van der Waals surface area contributed by atoms with Crippen LogP contribution < -0.4 is 4.74 Å². The quantitative estimate of drug-likeness (QED) is 0.349. The van der Waals surface area contributed by atoms with Gasteiger partial charge in [-0.05, 0) is 17.7 Å². The van der Waals surface area contributed by atoms with E-state index < -0.39 is 13.7 Å². The van der Waals surface area contributed by atoms with Crippen molar-refractivity contribution in [2.24, 2.45) is 0 Å². The monoisotopic (exact) mass is 356 g/mol. The summed E-state index contributed by atoms with van der Waals surface area (Å²) in [6, 6.07) is 16.9. The standard InChI is InChI=1S/C18H17N2O4P/c1-22-25(21,23-2)18(20-19)17-15(13-8-4-3-5-9-13)12-14-10-6-7-11-16(14)24-17/h3-12,17H,1-2H3. The number of para-hydroxylation sites is 1. The summed E-state index contributed by atoms with van der Waals surface area (Å²) in [6.45, 7) is 0. The lowest BCUT2D eigenvalue weighted by Crippen LogP contribution is -2.32. The molecule has 2 aromatic carbocycles. The SMILES string of the molecule is COP(=O)(OC)C(=[N+]=[N-])C1Oc2ccccc2C=C1c1ccccc1. The first-order valence-corrected chi connectivity index (χ1v) is 9.14. The van der Waals surface area contributed by atoms with E-state index in [-0.39, 0.29) is 5.45 Å². The highest BCUT2D eigenvalue weighted by Gasteiger charge is 2.48. The van der Waals surface area contributed by atoms with Gasteiger partial charge in [-0.1, -0.05) is 48.5 Å². The molecule has 6 nitrogen and oxygen atoms in total. The lowest BCUT2D eigenvalue weighted by molar-refractivity contribution is -0.0127. The molecule has 128 valence electrons. The van der Waals surface area contributed by atoms with Crippen molar-refractivity contribution in [3.8, 4) is 5.75 Å². The molecule has 0 spiro atoms. The van der Waals surface area contributed by atoms with Crippen molar-refractivity contribution < 1.29 is 23.1 Å². The Morgan fingerprint density at radius 1 is 1.08 bits per heavy atom. The molecule has 3 rings (SSSR count). The molecule has 2 aromatic rings. The van der Waals surface area contributed by atoms with Crippen LogP contribution in [0.1, 0.15) is 11.1 Å². The summed E-state index contributed by atoms with van der Waals surface area (Å²) in [5.41, 5.74) is 11.8. The van der Waals surface area contributed by atoms with E-state index in [9.17, 15) is 10.1 Å². The second kappa shape index (κ2) is 7.18. The van der Waals surface area contributed by atoms with Gasteiger partial charge >= 0.3 is 13.0 Å². The number of hydrogen-bond donors (Lipinski definition) is 0. The third kappa shape index (κ3) is 3.21. The smallest absolute Gasteiger partial charge is 0.441 e. The topological polar surface area (TPSA) is 81.2 Å². The molecule has 0 N–H and O–H groups in total. The molecule has 0 saturated carbocycles. The summed E-state index contributed by atoms with van der Waals surface area (Å²) < 4.78 is 28.8. The van der Waals surface area contributed by atoms with Gasteiger partial charge in [0.05, 0.1) is 0 Å². The zero-order valence-electron chi connectivity index (χ0n) is 13.8. The predicted molar refractivity (Wildman–Crippen MR) is 95.4 cm³/mol. The Morgan fingerprint density at radius 2 is 1.72 bits per heavy atom. The number of fused-ring (bicyclic) bond motifs is 1. The van der Waals surface area contributed by atoms with Gasteiger partial charge in [-0.15, -0.1) is 0 Å². The van der Waals surface area contributed by atoms with Gasteiger partial charge in [0.2, 0.25) is 6.10 Å². The highest BCUT2D eigenvalue weighted by atomic mass is 31.2. The van der Waals surface area contributed by atoms with Crippen LogP contribution in [0.5, 0.6) is 5.75 Å². The Kier molecular flexibility index (Phi) is 4.98. The molecule has 1 heterocycles. The van der Waals surface area contributed by atoms with Crippen molar-refractivity contribution in [3.05, 3.63) is 71.3 Å². The zero-order valence-corrected chi connectivity index (χ0v) is 14.7. The van der Waals surface area contributed by atoms with Crippen LogP contribution in [-0.4, -0.2) is 30.6 Å². The van der Waals surface area contributed by atoms with Crippen LogP contribution in [0, 0.1) is 0 Å². The normalized spacial score (nSPS) is 16.2. The summed E-state index contributed by atoms with van der Waals surface area (Å²) in [4.78, 5) is 3.21. The van der Waals surface area contributed by atoms with E-state index in [1.54, 1.807) is 6.07 Å². The highest BCUT2D eigenvalue weighted by molar-refractivity contribution is 7.72. The average Bonchev–Trinajstić information content (AvgIpc) is 2.68. The summed E-state index contributed by atoms with van der Waals surface area (Å²) >= 11 is 0. The van der Waals surface area contributed by atoms with Gasteiger partial charge in [0.15, 0.2) is 0 Å². The van der Waals surface area contributed by atoms with Crippen molar-refractivity contribution in [1.29, 1.82) is 0 Å². The van der Waals surface area contributed by atoms with Gasteiger partial charge in [-0.2, -0.15) is 4.79 Å². The summed E-state index contributed by atoms with van der Waals surface area (Å²) in [5.74, 6) is 0.590. The molecule has 1 atom stereocenters. The van der Waals surface area contributed by atoms with E-state index in [0.717, 1.165) is 11.1 Å². The maximum Gasteiger partial charge on any atom is 0.441 e. The van der Waals surface area contributed by atoms with E-state index >= 15 is 0 Å². The molecule has 1 unspecified atom stereocenters. The number of ether oxygens (including phenoxy) is 1. The molecule has 7 heteroatoms. The molecule has 0 radical (unpaired) electrons. The number of rotatable bonds is 5. The van der Waals surface area contributed by atoms with Gasteiger partial charge in [-0.3, -0.25) is 0 Å². The lowest BCUT2D eigenvalue weighted by Gasteiger charge is -2.26. The van der Waals surface area contributed by atoms with Gasteiger partial charge < -0.3 is 19.3 Å². The van der Waals surface area contributed by atoms with E-state index in [1.165, 1.54) is 14.2 Å². The van der Waals surface area contributed by atoms with Crippen LogP contribution in [-0.2, 0) is 13.6 Å². The Morgan fingerprint density at radius 3 is 2.36 bits per heavy atom. The molecule has 0 aliphatic carbocycles. The van der Waals surface area contributed by atoms with Crippen molar-refractivity contribution >= 4 is 24.7 Å². The van der Waals surface area contributed by atoms with E-state index in [2.05, 4.69) is 4.79 Å². The van der Waals surface area contributed by atoms with Crippen LogP contribution in [0.3, 0.4) is 0 Å². The molecule has 0 amide bonds. The molecule has 0 bridgehead atoms. The molecule has 1 aliphatic heterocycles. The van der Waals surface area contributed by atoms with Crippen LogP contribution in [0.25, 0.3) is 17.2 Å². The third-order valence-corrected chi connectivity index (χ3v) is 5.81. The molecule has 0 saturated heterocycles.